The molecule has 0 aromatic heterocycles. The third kappa shape index (κ3) is 5.00. The van der Waals surface area contributed by atoms with Crippen LogP contribution in [-0.2, 0) is 6.54 Å². The summed E-state index contributed by atoms with van der Waals surface area (Å²) >= 11 is 0. The monoisotopic (exact) mass is 271 g/mol. The third-order valence-electron chi connectivity index (χ3n) is 3.68. The summed E-state index contributed by atoms with van der Waals surface area (Å²) in [5.41, 5.74) is 2.32. The van der Waals surface area contributed by atoms with Crippen molar-refractivity contribution in [3.05, 3.63) is 35.4 Å². The maximum Gasteiger partial charge on any atom is 0.104 e. The molecule has 1 N–H and O–H groups in total. The van der Waals surface area contributed by atoms with Crippen molar-refractivity contribution in [3.8, 4) is 11.8 Å². The van der Waals surface area contributed by atoms with E-state index in [4.69, 9.17) is 5.11 Å². The summed E-state index contributed by atoms with van der Waals surface area (Å²) in [6, 6.07) is 9.18. The van der Waals surface area contributed by atoms with Crippen LogP contribution in [0.15, 0.2) is 24.3 Å². The molecular weight excluding hydrogens is 246 g/mol. The summed E-state index contributed by atoms with van der Waals surface area (Å²) in [6.45, 7) is 6.71. The van der Waals surface area contributed by atoms with Gasteiger partial charge in [0.25, 0.3) is 0 Å². The number of hydrogen-bond acceptors (Lipinski definition) is 2. The van der Waals surface area contributed by atoms with E-state index in [1.807, 2.05) is 6.07 Å². The van der Waals surface area contributed by atoms with Crippen LogP contribution in [0.4, 0.5) is 0 Å². The molecule has 1 aliphatic rings. The molecule has 1 aromatic rings. The first kappa shape index (κ1) is 15.1. The standard InChI is InChI=1S/C18H25NO/c1-15(2)10-11-19(18-8-9-18)14-17-6-3-5-16(13-17)7-4-12-20/h3,5-6,13,15,18,20H,8-12,14H2,1-2H3. The number of nitrogens with zero attached hydrogens (tertiary/aromatic N) is 1. The molecule has 1 aliphatic carbocycles. The molecule has 1 saturated carbocycles. The Labute approximate surface area is 122 Å². The third-order valence-corrected chi connectivity index (χ3v) is 3.68. The van der Waals surface area contributed by atoms with E-state index in [0.29, 0.717) is 0 Å². The average Bonchev–Trinajstić information content (AvgIpc) is 3.26. The average molecular weight is 271 g/mol. The second kappa shape index (κ2) is 7.47. The Morgan fingerprint density at radius 1 is 1.35 bits per heavy atom. The molecule has 20 heavy (non-hydrogen) atoms. The van der Waals surface area contributed by atoms with E-state index >= 15 is 0 Å². The maximum absolute atomic E-state index is 8.76. The predicted molar refractivity (Wildman–Crippen MR) is 83.3 cm³/mol. The molecule has 0 bridgehead atoms. The van der Waals surface area contributed by atoms with E-state index < -0.39 is 0 Å². The van der Waals surface area contributed by atoms with Crippen LogP contribution >= 0.6 is 0 Å². The summed E-state index contributed by atoms with van der Waals surface area (Å²) in [5.74, 6) is 6.46. The van der Waals surface area contributed by atoms with Crippen LogP contribution in [0.25, 0.3) is 0 Å². The fourth-order valence-electron chi connectivity index (χ4n) is 2.38. The summed E-state index contributed by atoms with van der Waals surface area (Å²) < 4.78 is 0. The van der Waals surface area contributed by atoms with Crippen LogP contribution in [0, 0.1) is 17.8 Å². The van der Waals surface area contributed by atoms with Crippen molar-refractivity contribution in [2.24, 2.45) is 5.92 Å². The van der Waals surface area contributed by atoms with Gasteiger partial charge < -0.3 is 5.11 Å². The lowest BCUT2D eigenvalue weighted by Crippen LogP contribution is -2.27. The van der Waals surface area contributed by atoms with Gasteiger partial charge >= 0.3 is 0 Å². The largest absolute Gasteiger partial charge is 0.384 e. The number of hydrogen-bond donors (Lipinski definition) is 1. The van der Waals surface area contributed by atoms with Crippen LogP contribution in [0.5, 0.6) is 0 Å². The van der Waals surface area contributed by atoms with Gasteiger partial charge in [-0.25, -0.2) is 0 Å². The Morgan fingerprint density at radius 3 is 2.80 bits per heavy atom. The first-order chi connectivity index (χ1) is 9.69. The van der Waals surface area contributed by atoms with Gasteiger partial charge in [-0.3, -0.25) is 4.90 Å². The van der Waals surface area contributed by atoms with Crippen molar-refractivity contribution in [2.45, 2.75) is 45.7 Å². The smallest absolute Gasteiger partial charge is 0.104 e. The number of aliphatic hydroxyl groups is 1. The van der Waals surface area contributed by atoms with E-state index in [1.54, 1.807) is 0 Å². The van der Waals surface area contributed by atoms with Crippen LogP contribution in [0.3, 0.4) is 0 Å². The van der Waals surface area contributed by atoms with Crippen LogP contribution in [0.2, 0.25) is 0 Å². The zero-order valence-electron chi connectivity index (χ0n) is 12.6. The van der Waals surface area contributed by atoms with Crippen molar-refractivity contribution in [1.29, 1.82) is 0 Å². The zero-order valence-corrected chi connectivity index (χ0v) is 12.6. The maximum atomic E-state index is 8.76. The van der Waals surface area contributed by atoms with Gasteiger partial charge in [-0.1, -0.05) is 37.8 Å². The Kier molecular flexibility index (Phi) is 5.64. The van der Waals surface area contributed by atoms with Gasteiger partial charge in [-0.2, -0.15) is 0 Å². The van der Waals surface area contributed by atoms with E-state index in [9.17, 15) is 0 Å². The highest BCUT2D eigenvalue weighted by molar-refractivity contribution is 5.37. The van der Waals surface area contributed by atoms with Crippen molar-refractivity contribution in [3.63, 3.8) is 0 Å². The highest BCUT2D eigenvalue weighted by atomic mass is 16.2. The molecule has 0 spiro atoms. The minimum Gasteiger partial charge on any atom is -0.384 e. The minimum atomic E-state index is -0.0766. The van der Waals surface area contributed by atoms with Gasteiger partial charge in [0, 0.05) is 18.2 Å². The lowest BCUT2D eigenvalue weighted by Gasteiger charge is -2.23. The molecule has 2 rings (SSSR count). The van der Waals surface area contributed by atoms with Gasteiger partial charge in [0.05, 0.1) is 0 Å². The number of benzene rings is 1. The molecule has 0 aliphatic heterocycles. The molecule has 2 nitrogen and oxygen atoms in total. The first-order valence-electron chi connectivity index (χ1n) is 7.61. The van der Waals surface area contributed by atoms with E-state index in [2.05, 4.69) is 48.8 Å². The topological polar surface area (TPSA) is 23.5 Å². The predicted octanol–water partition coefficient (Wildman–Crippen LogP) is 3.04. The van der Waals surface area contributed by atoms with Crippen molar-refractivity contribution in [2.75, 3.05) is 13.2 Å². The van der Waals surface area contributed by atoms with Gasteiger partial charge in [0.2, 0.25) is 0 Å². The molecule has 2 heteroatoms. The van der Waals surface area contributed by atoms with Gasteiger partial charge in [0.15, 0.2) is 0 Å². The van der Waals surface area contributed by atoms with Crippen LogP contribution in [0.1, 0.15) is 44.2 Å². The molecule has 1 aromatic carbocycles. The molecule has 0 unspecified atom stereocenters. The summed E-state index contributed by atoms with van der Waals surface area (Å²) in [6.07, 6.45) is 3.96. The Morgan fingerprint density at radius 2 is 2.15 bits per heavy atom. The van der Waals surface area contributed by atoms with Gasteiger partial charge in [0.1, 0.15) is 6.61 Å². The highest BCUT2D eigenvalue weighted by Crippen LogP contribution is 2.29. The zero-order chi connectivity index (χ0) is 14.4. The molecule has 0 amide bonds. The van der Waals surface area contributed by atoms with Crippen molar-refractivity contribution < 1.29 is 5.11 Å². The Balaban J connectivity index is 1.98. The second-order valence-corrected chi connectivity index (χ2v) is 6.04. The second-order valence-electron chi connectivity index (χ2n) is 6.04. The Hall–Kier alpha value is -1.30. The quantitative estimate of drug-likeness (QED) is 0.804. The Bertz CT molecular complexity index is 480. The molecule has 0 heterocycles. The molecule has 108 valence electrons. The van der Waals surface area contributed by atoms with E-state index in [0.717, 1.165) is 24.1 Å². The fourth-order valence-corrected chi connectivity index (χ4v) is 2.38. The van der Waals surface area contributed by atoms with E-state index in [-0.39, 0.29) is 6.61 Å². The summed E-state index contributed by atoms with van der Waals surface area (Å²) in [5, 5.41) is 8.76. The normalized spacial score (nSPS) is 14.4. The molecular formula is C18H25NO. The van der Waals surface area contributed by atoms with Crippen LogP contribution < -0.4 is 0 Å². The SMILES string of the molecule is CC(C)CCN(Cc1cccc(C#CCO)c1)C1CC1. The molecule has 0 radical (unpaired) electrons. The fraction of sp³-hybridized carbons (Fsp3) is 0.556. The minimum absolute atomic E-state index is 0.0766. The lowest BCUT2D eigenvalue weighted by molar-refractivity contribution is 0.239. The van der Waals surface area contributed by atoms with E-state index in [1.165, 1.54) is 31.4 Å². The number of aliphatic hydroxyl groups excluding tert-OH is 1. The first-order valence-corrected chi connectivity index (χ1v) is 7.61. The van der Waals surface area contributed by atoms with Gasteiger partial charge in [-0.05, 0) is 49.4 Å². The molecule has 0 atom stereocenters. The van der Waals surface area contributed by atoms with Crippen molar-refractivity contribution >= 4 is 0 Å². The van der Waals surface area contributed by atoms with Crippen LogP contribution in [-0.4, -0.2) is 29.2 Å². The molecule has 0 saturated heterocycles. The summed E-state index contributed by atoms with van der Waals surface area (Å²) in [7, 11) is 0. The van der Waals surface area contributed by atoms with Crippen molar-refractivity contribution in [1.82, 2.24) is 4.90 Å². The molecule has 1 fully saturated rings. The number of rotatable bonds is 6. The van der Waals surface area contributed by atoms with Gasteiger partial charge in [-0.15, -0.1) is 0 Å². The summed E-state index contributed by atoms with van der Waals surface area (Å²) in [4.78, 5) is 2.61. The highest BCUT2D eigenvalue weighted by Gasteiger charge is 2.28. The lowest BCUT2D eigenvalue weighted by atomic mass is 10.1.